The van der Waals surface area contributed by atoms with Crippen LogP contribution < -0.4 is 19.6 Å². The maximum absolute atomic E-state index is 13.9. The van der Waals surface area contributed by atoms with Gasteiger partial charge in [0.1, 0.15) is 5.75 Å². The number of halogens is 2. The highest BCUT2D eigenvalue weighted by Gasteiger charge is 2.35. The van der Waals surface area contributed by atoms with E-state index >= 15 is 0 Å². The molecule has 6 nitrogen and oxygen atoms in total. The van der Waals surface area contributed by atoms with Gasteiger partial charge in [0, 0.05) is 15.6 Å². The molecular weight excluding hydrogens is 543 g/mol. The highest BCUT2D eigenvalue weighted by molar-refractivity contribution is 7.07. The zero-order valence-corrected chi connectivity index (χ0v) is 22.8. The Morgan fingerprint density at radius 3 is 2.47 bits per heavy atom. The number of nitrogens with zero attached hydrogens (tertiary/aromatic N) is 2. The van der Waals surface area contributed by atoms with Gasteiger partial charge in [-0.25, -0.2) is 9.79 Å². The summed E-state index contributed by atoms with van der Waals surface area (Å²) in [7, 11) is 1.58. The second-order valence-electron chi connectivity index (χ2n) is 8.37. The summed E-state index contributed by atoms with van der Waals surface area (Å²) < 4.78 is 12.8. The smallest absolute Gasteiger partial charge is 0.338 e. The number of benzene rings is 3. The standard InChI is InChI=1S/C29H22Cl2N2O4S/c1-3-37-28(35)24-25(17-7-5-4-6-8-17)32-29-33(26(24)18-10-13-21(36-2)14-11-18)27(34)23(38-29)15-19-9-12-20(30)16-22(19)31/h4-16,26H,3H2,1-2H3/b23-15-/t26-/m0/s1. The molecule has 4 aromatic rings. The van der Waals surface area contributed by atoms with Gasteiger partial charge in [0.25, 0.3) is 5.56 Å². The predicted octanol–water partition coefficient (Wildman–Crippen LogP) is 5.25. The number of esters is 1. The number of hydrogen-bond acceptors (Lipinski definition) is 6. The number of carbonyl (C=O) groups is 1. The summed E-state index contributed by atoms with van der Waals surface area (Å²) in [6.07, 6.45) is 1.71. The maximum atomic E-state index is 13.9. The second-order valence-corrected chi connectivity index (χ2v) is 10.2. The van der Waals surface area contributed by atoms with Crippen LogP contribution in [0.1, 0.15) is 29.7 Å². The number of hydrogen-bond donors (Lipinski definition) is 0. The molecule has 0 bridgehead atoms. The minimum absolute atomic E-state index is 0.180. The summed E-state index contributed by atoms with van der Waals surface area (Å²) in [6, 6.07) is 21.0. The Morgan fingerprint density at radius 2 is 1.82 bits per heavy atom. The number of thiazole rings is 1. The van der Waals surface area contributed by atoms with Crippen LogP contribution in [0, 0.1) is 0 Å². The number of ether oxygens (including phenoxy) is 2. The molecule has 1 atom stereocenters. The van der Waals surface area contributed by atoms with Crippen LogP contribution >= 0.6 is 34.5 Å². The Hall–Kier alpha value is -3.65. The van der Waals surface area contributed by atoms with Gasteiger partial charge in [-0.3, -0.25) is 9.36 Å². The van der Waals surface area contributed by atoms with E-state index in [2.05, 4.69) is 0 Å². The third-order valence-electron chi connectivity index (χ3n) is 6.05. The molecule has 0 aliphatic carbocycles. The topological polar surface area (TPSA) is 69.9 Å². The lowest BCUT2D eigenvalue weighted by molar-refractivity contribution is -0.138. The summed E-state index contributed by atoms with van der Waals surface area (Å²) in [4.78, 5) is 32.6. The van der Waals surface area contributed by atoms with Gasteiger partial charge < -0.3 is 9.47 Å². The molecule has 0 spiro atoms. The summed E-state index contributed by atoms with van der Waals surface area (Å²) in [6.45, 7) is 1.92. The van der Waals surface area contributed by atoms with Crippen molar-refractivity contribution in [1.82, 2.24) is 4.57 Å². The van der Waals surface area contributed by atoms with Crippen molar-refractivity contribution in [2.75, 3.05) is 13.7 Å². The lowest BCUT2D eigenvalue weighted by Gasteiger charge is -2.26. The van der Waals surface area contributed by atoms with Crippen molar-refractivity contribution in [3.05, 3.63) is 125 Å². The first-order chi connectivity index (χ1) is 18.4. The van der Waals surface area contributed by atoms with Crippen molar-refractivity contribution in [1.29, 1.82) is 0 Å². The third-order valence-corrected chi connectivity index (χ3v) is 7.60. The normalized spacial score (nSPS) is 15.2. The Bertz CT molecular complexity index is 1730. The van der Waals surface area contributed by atoms with Crippen molar-refractivity contribution in [2.24, 2.45) is 4.99 Å². The molecule has 0 saturated heterocycles. The van der Waals surface area contributed by atoms with E-state index in [9.17, 15) is 9.59 Å². The molecule has 1 aliphatic heterocycles. The van der Waals surface area contributed by atoms with Crippen molar-refractivity contribution in [3.63, 3.8) is 0 Å². The third kappa shape index (κ3) is 4.92. The van der Waals surface area contributed by atoms with E-state index in [1.54, 1.807) is 55.0 Å². The van der Waals surface area contributed by atoms with Gasteiger partial charge in [-0.2, -0.15) is 0 Å². The van der Waals surface area contributed by atoms with Gasteiger partial charge in [0.2, 0.25) is 0 Å². The zero-order chi connectivity index (χ0) is 26.8. The Balaban J connectivity index is 1.82. The summed E-state index contributed by atoms with van der Waals surface area (Å²) in [5.41, 5.74) is 2.56. The van der Waals surface area contributed by atoms with Crippen molar-refractivity contribution in [3.8, 4) is 5.75 Å². The van der Waals surface area contributed by atoms with Gasteiger partial charge in [0.15, 0.2) is 4.80 Å². The van der Waals surface area contributed by atoms with Crippen molar-refractivity contribution < 1.29 is 14.3 Å². The molecule has 38 heavy (non-hydrogen) atoms. The quantitative estimate of drug-likeness (QED) is 0.300. The van der Waals surface area contributed by atoms with Gasteiger partial charge in [-0.1, -0.05) is 83.1 Å². The Kier molecular flexibility index (Phi) is 7.51. The molecule has 9 heteroatoms. The van der Waals surface area contributed by atoms with Crippen molar-refractivity contribution >= 4 is 52.3 Å². The fourth-order valence-corrected chi connectivity index (χ4v) is 5.76. The Morgan fingerprint density at radius 1 is 1.08 bits per heavy atom. The summed E-state index contributed by atoms with van der Waals surface area (Å²) in [5, 5.41) is 0.923. The maximum Gasteiger partial charge on any atom is 0.338 e. The molecular formula is C29H22Cl2N2O4S. The van der Waals surface area contributed by atoms with E-state index in [1.165, 1.54) is 11.3 Å². The molecule has 3 aromatic carbocycles. The number of aromatic nitrogens is 1. The van der Waals surface area contributed by atoms with Crippen LogP contribution in [0.3, 0.4) is 0 Å². The first-order valence-corrected chi connectivity index (χ1v) is 13.4. The largest absolute Gasteiger partial charge is 0.497 e. The highest BCUT2D eigenvalue weighted by Crippen LogP contribution is 2.35. The lowest BCUT2D eigenvalue weighted by atomic mass is 9.93. The fraction of sp³-hybridized carbons (Fsp3) is 0.138. The molecule has 2 heterocycles. The molecule has 0 unspecified atom stereocenters. The average molecular weight is 565 g/mol. The number of carbonyl (C=O) groups excluding carboxylic acids is 1. The van der Waals surface area contributed by atoms with E-state index < -0.39 is 12.0 Å². The number of rotatable bonds is 6. The van der Waals surface area contributed by atoms with Gasteiger partial charge in [-0.15, -0.1) is 0 Å². The molecule has 0 saturated carbocycles. The second kappa shape index (κ2) is 11.0. The lowest BCUT2D eigenvalue weighted by Crippen LogP contribution is -2.40. The average Bonchev–Trinajstić information content (AvgIpc) is 3.24. The highest BCUT2D eigenvalue weighted by atomic mass is 35.5. The monoisotopic (exact) mass is 564 g/mol. The van der Waals surface area contributed by atoms with Crippen LogP contribution in [0.2, 0.25) is 10.0 Å². The predicted molar refractivity (Wildman–Crippen MR) is 151 cm³/mol. The van der Waals surface area contributed by atoms with E-state index in [-0.39, 0.29) is 17.7 Å². The minimum Gasteiger partial charge on any atom is -0.497 e. The van der Waals surface area contributed by atoms with Gasteiger partial charge >= 0.3 is 5.97 Å². The summed E-state index contributed by atoms with van der Waals surface area (Å²) in [5.74, 6) is 0.120. The van der Waals surface area contributed by atoms with Crippen LogP contribution in [0.15, 0.2) is 88.2 Å². The van der Waals surface area contributed by atoms with Crippen LogP contribution in [-0.4, -0.2) is 24.3 Å². The molecule has 0 fully saturated rings. The molecule has 192 valence electrons. The van der Waals surface area contributed by atoms with Crippen LogP contribution in [0.25, 0.3) is 11.8 Å². The van der Waals surface area contributed by atoms with Crippen LogP contribution in [-0.2, 0) is 9.53 Å². The molecule has 0 N–H and O–H groups in total. The minimum atomic E-state index is -0.769. The molecule has 5 rings (SSSR count). The molecule has 1 aromatic heterocycles. The fourth-order valence-electron chi connectivity index (χ4n) is 4.30. The van der Waals surface area contributed by atoms with Crippen molar-refractivity contribution in [2.45, 2.75) is 13.0 Å². The molecule has 0 radical (unpaired) electrons. The first kappa shape index (κ1) is 26.0. The van der Waals surface area contributed by atoms with E-state index in [0.717, 1.165) is 11.1 Å². The molecule has 1 aliphatic rings. The first-order valence-electron chi connectivity index (χ1n) is 11.8. The van der Waals surface area contributed by atoms with Crippen LogP contribution in [0.4, 0.5) is 0 Å². The van der Waals surface area contributed by atoms with E-state index in [4.69, 9.17) is 37.7 Å². The van der Waals surface area contributed by atoms with Gasteiger partial charge in [-0.05, 0) is 48.4 Å². The van der Waals surface area contributed by atoms with E-state index in [0.29, 0.717) is 36.4 Å². The number of methoxy groups -OCH3 is 1. The number of fused-ring (bicyclic) bond motifs is 1. The van der Waals surface area contributed by atoms with E-state index in [1.807, 2.05) is 42.5 Å². The SMILES string of the molecule is CCOC(=O)C1=C(c2ccccc2)N=c2s/c(=C\c3ccc(Cl)cc3Cl)c(=O)n2[C@H]1c1ccc(OC)cc1. The Labute approximate surface area is 232 Å². The summed E-state index contributed by atoms with van der Waals surface area (Å²) >= 11 is 13.7. The van der Waals surface area contributed by atoms with Crippen LogP contribution in [0.5, 0.6) is 5.75 Å². The van der Waals surface area contributed by atoms with Gasteiger partial charge in [0.05, 0.1) is 35.6 Å². The zero-order valence-electron chi connectivity index (χ0n) is 20.5. The molecule has 0 amide bonds.